The number of hydrogen-bond donors (Lipinski definition) is 2. The molecule has 0 atom stereocenters. The number of nitrogens with zero attached hydrogens (tertiary/aromatic N) is 2. The number of aromatic amines is 1. The molecule has 3 aromatic rings. The zero-order valence-corrected chi connectivity index (χ0v) is 13.2. The number of aromatic nitrogens is 2. The quantitative estimate of drug-likeness (QED) is 0.422. The zero-order chi connectivity index (χ0) is 17.3. The number of methoxy groups -OCH3 is 1. The molecule has 24 heavy (non-hydrogen) atoms. The van der Waals surface area contributed by atoms with Crippen molar-refractivity contribution in [3.05, 3.63) is 40.4 Å². The summed E-state index contributed by atoms with van der Waals surface area (Å²) in [6.45, 7) is 2.04. The van der Waals surface area contributed by atoms with Gasteiger partial charge >= 0.3 is 5.69 Å². The number of benzene rings is 2. The van der Waals surface area contributed by atoms with Crippen LogP contribution in [0.15, 0.2) is 30.3 Å². The minimum absolute atomic E-state index is 0.106. The normalized spacial score (nSPS) is 10.8. The molecule has 8 nitrogen and oxygen atoms in total. The number of nitro benzene ring substituents is 1. The number of nitrogen functional groups attached to an aromatic ring is 1. The van der Waals surface area contributed by atoms with Gasteiger partial charge in [-0.05, 0) is 31.2 Å². The van der Waals surface area contributed by atoms with E-state index < -0.39 is 4.92 Å². The minimum atomic E-state index is -0.502. The average Bonchev–Trinajstić information content (AvgIpc) is 2.97. The molecule has 1 heterocycles. The second kappa shape index (κ2) is 6.07. The molecule has 3 rings (SSSR count). The standard InChI is InChI=1S/C16H16N4O4/c1-3-24-15-13(20(21)22)6-9(7-14(15)23-2)16-18-11-5-4-10(17)8-12(11)19-16/h4-8H,3,17H2,1-2H3,(H,18,19). The van der Waals surface area contributed by atoms with Gasteiger partial charge in [0.2, 0.25) is 5.75 Å². The Hall–Kier alpha value is -3.29. The molecule has 1 aromatic heterocycles. The molecule has 8 heteroatoms. The van der Waals surface area contributed by atoms with Crippen LogP contribution in [0.3, 0.4) is 0 Å². The van der Waals surface area contributed by atoms with Gasteiger partial charge in [0.15, 0.2) is 5.75 Å². The van der Waals surface area contributed by atoms with Crippen molar-refractivity contribution in [2.45, 2.75) is 6.92 Å². The summed E-state index contributed by atoms with van der Waals surface area (Å²) < 4.78 is 10.6. The van der Waals surface area contributed by atoms with Crippen LogP contribution >= 0.6 is 0 Å². The maximum absolute atomic E-state index is 11.4. The lowest BCUT2D eigenvalue weighted by Gasteiger charge is -2.10. The first-order valence-corrected chi connectivity index (χ1v) is 7.28. The van der Waals surface area contributed by atoms with Crippen molar-refractivity contribution in [2.75, 3.05) is 19.5 Å². The van der Waals surface area contributed by atoms with Crippen LogP contribution in [0.2, 0.25) is 0 Å². The smallest absolute Gasteiger partial charge is 0.315 e. The summed E-state index contributed by atoms with van der Waals surface area (Å²) in [5.41, 5.74) is 8.18. The lowest BCUT2D eigenvalue weighted by molar-refractivity contribution is -0.385. The van der Waals surface area contributed by atoms with E-state index >= 15 is 0 Å². The van der Waals surface area contributed by atoms with Crippen LogP contribution in [0, 0.1) is 10.1 Å². The summed E-state index contributed by atoms with van der Waals surface area (Å²) in [4.78, 5) is 18.4. The van der Waals surface area contributed by atoms with Gasteiger partial charge < -0.3 is 20.2 Å². The number of H-pyrrole nitrogens is 1. The maximum Gasteiger partial charge on any atom is 0.315 e. The summed E-state index contributed by atoms with van der Waals surface area (Å²) >= 11 is 0. The molecule has 0 fully saturated rings. The van der Waals surface area contributed by atoms with Gasteiger partial charge in [-0.15, -0.1) is 0 Å². The highest BCUT2D eigenvalue weighted by atomic mass is 16.6. The van der Waals surface area contributed by atoms with Crippen LogP contribution in [0.1, 0.15) is 6.92 Å². The topological polar surface area (TPSA) is 116 Å². The highest BCUT2D eigenvalue weighted by Crippen LogP contribution is 2.41. The van der Waals surface area contributed by atoms with Gasteiger partial charge in [0.1, 0.15) is 5.82 Å². The van der Waals surface area contributed by atoms with Crippen LogP contribution in [0.25, 0.3) is 22.4 Å². The summed E-state index contributed by atoms with van der Waals surface area (Å²) in [7, 11) is 1.44. The molecule has 0 saturated carbocycles. The van der Waals surface area contributed by atoms with Crippen molar-refractivity contribution >= 4 is 22.4 Å². The predicted molar refractivity (Wildman–Crippen MR) is 90.3 cm³/mol. The highest BCUT2D eigenvalue weighted by molar-refractivity contribution is 5.83. The first kappa shape index (κ1) is 15.6. The average molecular weight is 328 g/mol. The Morgan fingerprint density at radius 2 is 2.12 bits per heavy atom. The van der Waals surface area contributed by atoms with Crippen LogP contribution in [-0.2, 0) is 0 Å². The predicted octanol–water partition coefficient (Wildman–Crippen LogP) is 3.13. The van der Waals surface area contributed by atoms with Crippen molar-refractivity contribution in [2.24, 2.45) is 0 Å². The van der Waals surface area contributed by atoms with E-state index in [0.29, 0.717) is 23.7 Å². The van der Waals surface area contributed by atoms with E-state index in [1.165, 1.54) is 13.2 Å². The Morgan fingerprint density at radius 3 is 2.79 bits per heavy atom. The molecule has 0 bridgehead atoms. The van der Waals surface area contributed by atoms with Gasteiger partial charge in [-0.3, -0.25) is 10.1 Å². The third-order valence-electron chi connectivity index (χ3n) is 3.52. The number of nitro groups is 1. The summed E-state index contributed by atoms with van der Waals surface area (Å²) in [5, 5.41) is 11.4. The zero-order valence-electron chi connectivity index (χ0n) is 13.2. The number of rotatable bonds is 5. The Morgan fingerprint density at radius 1 is 1.33 bits per heavy atom. The fourth-order valence-corrected chi connectivity index (χ4v) is 2.46. The molecule has 0 aliphatic rings. The van der Waals surface area contributed by atoms with Crippen molar-refractivity contribution < 1.29 is 14.4 Å². The molecule has 124 valence electrons. The van der Waals surface area contributed by atoms with Crippen molar-refractivity contribution in [1.29, 1.82) is 0 Å². The summed E-state index contributed by atoms with van der Waals surface area (Å²) in [5.74, 6) is 0.871. The number of ether oxygens (including phenoxy) is 2. The van der Waals surface area contributed by atoms with E-state index in [1.54, 1.807) is 31.2 Å². The van der Waals surface area contributed by atoms with Crippen LogP contribution in [-0.4, -0.2) is 28.6 Å². The Labute approximate surface area is 137 Å². The van der Waals surface area contributed by atoms with E-state index in [2.05, 4.69) is 9.97 Å². The molecule has 2 aromatic carbocycles. The minimum Gasteiger partial charge on any atom is -0.493 e. The van der Waals surface area contributed by atoms with Crippen LogP contribution < -0.4 is 15.2 Å². The first-order valence-electron chi connectivity index (χ1n) is 7.28. The second-order valence-corrected chi connectivity index (χ2v) is 5.08. The number of imidazole rings is 1. The Bertz CT molecular complexity index is 920. The van der Waals surface area contributed by atoms with Crippen LogP contribution in [0.5, 0.6) is 11.5 Å². The largest absolute Gasteiger partial charge is 0.493 e. The van der Waals surface area contributed by atoms with E-state index in [-0.39, 0.29) is 17.2 Å². The number of hydrogen-bond acceptors (Lipinski definition) is 6. The van der Waals surface area contributed by atoms with Gasteiger partial charge in [-0.1, -0.05) is 0 Å². The van der Waals surface area contributed by atoms with Crippen molar-refractivity contribution in [1.82, 2.24) is 9.97 Å². The maximum atomic E-state index is 11.4. The van der Waals surface area contributed by atoms with E-state index in [1.807, 2.05) is 0 Å². The van der Waals surface area contributed by atoms with E-state index in [4.69, 9.17) is 15.2 Å². The van der Waals surface area contributed by atoms with Crippen molar-refractivity contribution in [3.63, 3.8) is 0 Å². The van der Waals surface area contributed by atoms with Gasteiger partial charge in [0.05, 0.1) is 29.7 Å². The van der Waals surface area contributed by atoms with Gasteiger partial charge in [0.25, 0.3) is 0 Å². The molecule has 0 radical (unpaired) electrons. The molecule has 0 spiro atoms. The molecule has 0 unspecified atom stereocenters. The summed E-state index contributed by atoms with van der Waals surface area (Å²) in [6, 6.07) is 8.35. The van der Waals surface area contributed by atoms with Gasteiger partial charge in [-0.25, -0.2) is 4.98 Å². The molecule has 0 saturated heterocycles. The number of nitrogens with one attached hydrogen (secondary N) is 1. The number of fused-ring (bicyclic) bond motifs is 1. The molecule has 3 N–H and O–H groups in total. The third-order valence-corrected chi connectivity index (χ3v) is 3.52. The molecule has 0 aliphatic carbocycles. The lowest BCUT2D eigenvalue weighted by atomic mass is 10.1. The van der Waals surface area contributed by atoms with Gasteiger partial charge in [-0.2, -0.15) is 0 Å². The molecular weight excluding hydrogens is 312 g/mol. The van der Waals surface area contributed by atoms with Crippen molar-refractivity contribution in [3.8, 4) is 22.9 Å². The molecule has 0 amide bonds. The number of anilines is 1. The molecule has 0 aliphatic heterocycles. The Kier molecular flexibility index (Phi) is 3.95. The first-order chi connectivity index (χ1) is 11.5. The fraction of sp³-hybridized carbons (Fsp3) is 0.188. The summed E-state index contributed by atoms with van der Waals surface area (Å²) in [6.07, 6.45) is 0. The monoisotopic (exact) mass is 328 g/mol. The highest BCUT2D eigenvalue weighted by Gasteiger charge is 2.23. The molecular formula is C16H16N4O4. The Balaban J connectivity index is 2.18. The third kappa shape index (κ3) is 2.69. The SMILES string of the molecule is CCOc1c(OC)cc(-c2nc3ccc(N)cc3[nH]2)cc1[N+](=O)[O-]. The van der Waals surface area contributed by atoms with Crippen LogP contribution in [0.4, 0.5) is 11.4 Å². The fourth-order valence-electron chi connectivity index (χ4n) is 2.46. The van der Waals surface area contributed by atoms with E-state index in [9.17, 15) is 10.1 Å². The number of nitrogens with two attached hydrogens (primary N) is 1. The van der Waals surface area contributed by atoms with E-state index in [0.717, 1.165) is 11.0 Å². The second-order valence-electron chi connectivity index (χ2n) is 5.08. The van der Waals surface area contributed by atoms with Gasteiger partial charge in [0, 0.05) is 17.3 Å². The lowest BCUT2D eigenvalue weighted by Crippen LogP contribution is -2.01.